The molecule has 4 aromatic rings. The standard InChI is InChI=1S/C37H41Cl2N3O4S/c1-6-28(5)40-37(44)35(22-29-10-8-7-9-11-29)41(23-30-16-19-32(38)33(39)21-30)36(43)24-42(34-20-26(3)12-15-27(34)4)47(45,46)31-17-13-25(2)14-18-31/h7-21,28,35H,6,22-24H2,1-5H3,(H,40,44)/t28-,35-/m1/s1. The number of benzene rings is 4. The van der Waals surface area contributed by atoms with Crippen molar-refractivity contribution in [1.82, 2.24) is 10.2 Å². The number of halogens is 2. The Labute approximate surface area is 288 Å². The molecule has 0 fully saturated rings. The van der Waals surface area contributed by atoms with Gasteiger partial charge in [0.05, 0.1) is 20.6 Å². The zero-order valence-corrected chi connectivity index (χ0v) is 29.7. The van der Waals surface area contributed by atoms with Crippen LogP contribution < -0.4 is 9.62 Å². The van der Waals surface area contributed by atoms with Crippen LogP contribution in [0.2, 0.25) is 10.0 Å². The van der Waals surface area contributed by atoms with Gasteiger partial charge in [-0.1, -0.05) is 96.4 Å². The third-order valence-electron chi connectivity index (χ3n) is 8.13. The number of sulfonamides is 1. The van der Waals surface area contributed by atoms with Crippen molar-refractivity contribution in [3.05, 3.63) is 129 Å². The molecule has 0 heterocycles. The van der Waals surface area contributed by atoms with E-state index in [4.69, 9.17) is 23.2 Å². The minimum absolute atomic E-state index is 0.00757. The predicted octanol–water partition coefficient (Wildman–Crippen LogP) is 7.67. The molecule has 0 aliphatic heterocycles. The van der Waals surface area contributed by atoms with Gasteiger partial charge in [-0.25, -0.2) is 8.42 Å². The number of hydrogen-bond donors (Lipinski definition) is 1. The van der Waals surface area contributed by atoms with Crippen LogP contribution in [0, 0.1) is 20.8 Å². The first kappa shape index (κ1) is 36.0. The minimum Gasteiger partial charge on any atom is -0.352 e. The van der Waals surface area contributed by atoms with Crippen molar-refractivity contribution in [1.29, 1.82) is 0 Å². The first-order valence-electron chi connectivity index (χ1n) is 15.5. The fourth-order valence-electron chi connectivity index (χ4n) is 5.17. The van der Waals surface area contributed by atoms with Gasteiger partial charge in [-0.3, -0.25) is 13.9 Å². The largest absolute Gasteiger partial charge is 0.352 e. The molecule has 4 rings (SSSR count). The lowest BCUT2D eigenvalue weighted by molar-refractivity contribution is -0.140. The molecule has 4 aromatic carbocycles. The highest BCUT2D eigenvalue weighted by atomic mass is 35.5. The fraction of sp³-hybridized carbons (Fsp3) is 0.297. The summed E-state index contributed by atoms with van der Waals surface area (Å²) in [5.74, 6) is -0.885. The van der Waals surface area contributed by atoms with E-state index in [9.17, 15) is 18.0 Å². The van der Waals surface area contributed by atoms with Crippen molar-refractivity contribution in [2.75, 3.05) is 10.8 Å². The molecule has 2 amide bonds. The Kier molecular flexibility index (Phi) is 12.1. The number of anilines is 1. The molecule has 7 nitrogen and oxygen atoms in total. The number of amides is 2. The van der Waals surface area contributed by atoms with Gasteiger partial charge in [-0.2, -0.15) is 0 Å². The van der Waals surface area contributed by atoms with Crippen LogP contribution >= 0.6 is 23.2 Å². The van der Waals surface area contributed by atoms with Crippen LogP contribution in [0.1, 0.15) is 48.1 Å². The first-order valence-corrected chi connectivity index (χ1v) is 17.7. The lowest BCUT2D eigenvalue weighted by Crippen LogP contribution is -2.54. The van der Waals surface area contributed by atoms with Crippen LogP contribution in [0.25, 0.3) is 0 Å². The van der Waals surface area contributed by atoms with Gasteiger partial charge in [-0.05, 0) is 86.7 Å². The number of carbonyl (C=O) groups is 2. The normalized spacial score (nSPS) is 12.7. The minimum atomic E-state index is -4.20. The molecule has 0 saturated heterocycles. The molecular formula is C37H41Cl2N3O4S. The molecule has 2 atom stereocenters. The van der Waals surface area contributed by atoms with E-state index in [1.807, 2.05) is 77.1 Å². The van der Waals surface area contributed by atoms with Gasteiger partial charge >= 0.3 is 0 Å². The summed E-state index contributed by atoms with van der Waals surface area (Å²) in [6.45, 7) is 8.87. The van der Waals surface area contributed by atoms with Crippen LogP contribution in [-0.4, -0.2) is 43.8 Å². The number of aryl methyl sites for hydroxylation is 3. The lowest BCUT2D eigenvalue weighted by Gasteiger charge is -2.34. The van der Waals surface area contributed by atoms with Gasteiger partial charge in [0.25, 0.3) is 10.0 Å². The summed E-state index contributed by atoms with van der Waals surface area (Å²) in [4.78, 5) is 30.2. The Morgan fingerprint density at radius 3 is 2.11 bits per heavy atom. The predicted molar refractivity (Wildman–Crippen MR) is 190 cm³/mol. The second-order valence-electron chi connectivity index (χ2n) is 11.9. The summed E-state index contributed by atoms with van der Waals surface area (Å²) in [6.07, 6.45) is 0.907. The number of rotatable bonds is 13. The molecule has 248 valence electrons. The zero-order valence-electron chi connectivity index (χ0n) is 27.3. The Morgan fingerprint density at radius 2 is 1.47 bits per heavy atom. The highest BCUT2D eigenvalue weighted by molar-refractivity contribution is 7.92. The fourth-order valence-corrected chi connectivity index (χ4v) is 6.96. The second kappa shape index (κ2) is 15.8. The molecule has 0 bridgehead atoms. The molecule has 10 heteroatoms. The van der Waals surface area contributed by atoms with E-state index in [0.29, 0.717) is 33.3 Å². The smallest absolute Gasteiger partial charge is 0.264 e. The summed E-state index contributed by atoms with van der Waals surface area (Å²) in [6, 6.07) is 25.4. The van der Waals surface area contributed by atoms with Gasteiger partial charge in [-0.15, -0.1) is 0 Å². The zero-order chi connectivity index (χ0) is 34.3. The van der Waals surface area contributed by atoms with Gasteiger partial charge in [0.2, 0.25) is 11.8 Å². The van der Waals surface area contributed by atoms with Crippen molar-refractivity contribution in [2.45, 2.75) is 71.0 Å². The van der Waals surface area contributed by atoms with Crippen molar-refractivity contribution < 1.29 is 18.0 Å². The van der Waals surface area contributed by atoms with E-state index in [-0.39, 0.29) is 29.8 Å². The molecule has 0 saturated carbocycles. The molecular weight excluding hydrogens is 653 g/mol. The summed E-state index contributed by atoms with van der Waals surface area (Å²) in [5.41, 5.74) is 4.30. The molecule has 0 spiro atoms. The van der Waals surface area contributed by atoms with E-state index in [0.717, 1.165) is 21.0 Å². The van der Waals surface area contributed by atoms with Crippen LogP contribution in [0.3, 0.4) is 0 Å². The van der Waals surface area contributed by atoms with Crippen LogP contribution in [0.5, 0.6) is 0 Å². The molecule has 47 heavy (non-hydrogen) atoms. The van der Waals surface area contributed by atoms with E-state index in [2.05, 4.69) is 5.32 Å². The van der Waals surface area contributed by atoms with E-state index in [1.165, 1.54) is 4.90 Å². The van der Waals surface area contributed by atoms with Gasteiger partial charge < -0.3 is 10.2 Å². The Balaban J connectivity index is 1.85. The first-order chi connectivity index (χ1) is 22.3. The van der Waals surface area contributed by atoms with E-state index in [1.54, 1.807) is 48.5 Å². The summed E-state index contributed by atoms with van der Waals surface area (Å²) in [5, 5.41) is 3.70. The summed E-state index contributed by atoms with van der Waals surface area (Å²) >= 11 is 12.6. The van der Waals surface area contributed by atoms with Crippen LogP contribution in [-0.2, 0) is 32.6 Å². The molecule has 0 aliphatic rings. The van der Waals surface area contributed by atoms with Crippen LogP contribution in [0.15, 0.2) is 95.9 Å². The average molecular weight is 695 g/mol. The lowest BCUT2D eigenvalue weighted by atomic mass is 10.0. The third-order valence-corrected chi connectivity index (χ3v) is 10.6. The van der Waals surface area contributed by atoms with Gasteiger partial charge in [0.15, 0.2) is 0 Å². The second-order valence-corrected chi connectivity index (χ2v) is 14.6. The number of carbonyl (C=O) groups excluding carboxylic acids is 2. The molecule has 0 aromatic heterocycles. The molecule has 0 unspecified atom stereocenters. The van der Waals surface area contributed by atoms with Crippen molar-refractivity contribution in [3.8, 4) is 0 Å². The third kappa shape index (κ3) is 9.15. The maximum atomic E-state index is 14.7. The van der Waals surface area contributed by atoms with Crippen molar-refractivity contribution in [3.63, 3.8) is 0 Å². The topological polar surface area (TPSA) is 86.8 Å². The summed E-state index contributed by atoms with van der Waals surface area (Å²) in [7, 11) is -4.20. The molecule has 1 N–H and O–H groups in total. The van der Waals surface area contributed by atoms with Crippen molar-refractivity contribution in [2.24, 2.45) is 0 Å². The highest BCUT2D eigenvalue weighted by Gasteiger charge is 2.35. The monoisotopic (exact) mass is 693 g/mol. The van der Waals surface area contributed by atoms with Gasteiger partial charge in [0, 0.05) is 19.0 Å². The van der Waals surface area contributed by atoms with Crippen molar-refractivity contribution >= 4 is 50.7 Å². The maximum Gasteiger partial charge on any atom is 0.264 e. The number of nitrogens with zero attached hydrogens (tertiary/aromatic N) is 2. The number of hydrogen-bond acceptors (Lipinski definition) is 4. The Hall–Kier alpha value is -3.85. The average Bonchev–Trinajstić information content (AvgIpc) is 3.04. The summed E-state index contributed by atoms with van der Waals surface area (Å²) < 4.78 is 29.8. The highest BCUT2D eigenvalue weighted by Crippen LogP contribution is 2.30. The molecule has 0 aliphatic carbocycles. The van der Waals surface area contributed by atoms with Crippen LogP contribution in [0.4, 0.5) is 5.69 Å². The Morgan fingerprint density at radius 1 is 0.809 bits per heavy atom. The number of nitrogens with one attached hydrogen (secondary N) is 1. The quantitative estimate of drug-likeness (QED) is 0.156. The van der Waals surface area contributed by atoms with E-state index < -0.39 is 28.5 Å². The maximum absolute atomic E-state index is 14.7. The molecule has 0 radical (unpaired) electrons. The van der Waals surface area contributed by atoms with E-state index >= 15 is 0 Å². The SMILES string of the molecule is CC[C@@H](C)NC(=O)[C@@H](Cc1ccccc1)N(Cc1ccc(Cl)c(Cl)c1)C(=O)CN(c1cc(C)ccc1C)S(=O)(=O)c1ccc(C)cc1. The Bertz CT molecular complexity index is 1820. The van der Waals surface area contributed by atoms with Gasteiger partial charge in [0.1, 0.15) is 12.6 Å².